The SMILES string of the molecule is COCCc1ccccc1NC(=O)CCNC(C)C. The van der Waals surface area contributed by atoms with Gasteiger partial charge in [-0.15, -0.1) is 0 Å². The van der Waals surface area contributed by atoms with E-state index in [1.807, 2.05) is 24.3 Å². The highest BCUT2D eigenvalue weighted by atomic mass is 16.5. The largest absolute Gasteiger partial charge is 0.384 e. The van der Waals surface area contributed by atoms with Crippen LogP contribution >= 0.6 is 0 Å². The molecule has 0 saturated heterocycles. The molecule has 0 fully saturated rings. The molecule has 1 aromatic rings. The van der Waals surface area contributed by atoms with Crippen molar-refractivity contribution in [3.8, 4) is 0 Å². The lowest BCUT2D eigenvalue weighted by molar-refractivity contribution is -0.116. The van der Waals surface area contributed by atoms with Crippen LogP contribution in [0.2, 0.25) is 0 Å². The van der Waals surface area contributed by atoms with Crippen LogP contribution in [0.5, 0.6) is 0 Å². The van der Waals surface area contributed by atoms with E-state index in [2.05, 4.69) is 24.5 Å². The number of hydrogen-bond donors (Lipinski definition) is 2. The Kier molecular flexibility index (Phi) is 7.15. The summed E-state index contributed by atoms with van der Waals surface area (Å²) in [5, 5.41) is 6.19. The highest BCUT2D eigenvalue weighted by molar-refractivity contribution is 5.91. The number of para-hydroxylation sites is 1. The van der Waals surface area contributed by atoms with Crippen molar-refractivity contribution in [2.75, 3.05) is 25.6 Å². The van der Waals surface area contributed by atoms with Crippen molar-refractivity contribution in [1.29, 1.82) is 0 Å². The Balaban J connectivity index is 2.48. The van der Waals surface area contributed by atoms with Crippen molar-refractivity contribution in [3.63, 3.8) is 0 Å². The molecule has 2 N–H and O–H groups in total. The van der Waals surface area contributed by atoms with Gasteiger partial charge in [0.15, 0.2) is 0 Å². The molecule has 0 radical (unpaired) electrons. The molecule has 0 unspecified atom stereocenters. The predicted molar refractivity (Wildman–Crippen MR) is 78.4 cm³/mol. The van der Waals surface area contributed by atoms with Crippen LogP contribution in [0.1, 0.15) is 25.8 Å². The maximum absolute atomic E-state index is 11.8. The molecular formula is C15H24N2O2. The zero-order chi connectivity index (χ0) is 14.1. The van der Waals surface area contributed by atoms with Gasteiger partial charge in [0.1, 0.15) is 0 Å². The molecule has 1 amide bonds. The smallest absolute Gasteiger partial charge is 0.225 e. The normalized spacial score (nSPS) is 10.7. The Labute approximate surface area is 115 Å². The van der Waals surface area contributed by atoms with E-state index < -0.39 is 0 Å². The first-order valence-electron chi connectivity index (χ1n) is 6.73. The summed E-state index contributed by atoms with van der Waals surface area (Å²) >= 11 is 0. The minimum Gasteiger partial charge on any atom is -0.384 e. The van der Waals surface area contributed by atoms with E-state index in [0.29, 0.717) is 25.6 Å². The topological polar surface area (TPSA) is 50.4 Å². The van der Waals surface area contributed by atoms with Crippen LogP contribution in [0, 0.1) is 0 Å². The van der Waals surface area contributed by atoms with E-state index in [4.69, 9.17) is 4.74 Å². The maximum Gasteiger partial charge on any atom is 0.225 e. The zero-order valence-corrected chi connectivity index (χ0v) is 12.0. The summed E-state index contributed by atoms with van der Waals surface area (Å²) in [6, 6.07) is 8.25. The lowest BCUT2D eigenvalue weighted by Crippen LogP contribution is -2.27. The van der Waals surface area contributed by atoms with Gasteiger partial charge >= 0.3 is 0 Å². The van der Waals surface area contributed by atoms with E-state index in [-0.39, 0.29) is 5.91 Å². The molecule has 106 valence electrons. The number of benzene rings is 1. The highest BCUT2D eigenvalue weighted by Gasteiger charge is 2.06. The van der Waals surface area contributed by atoms with Crippen molar-refractivity contribution in [1.82, 2.24) is 5.32 Å². The maximum atomic E-state index is 11.8. The monoisotopic (exact) mass is 264 g/mol. The number of anilines is 1. The standard InChI is InChI=1S/C15H24N2O2/c1-12(2)16-10-8-15(18)17-14-7-5-4-6-13(14)9-11-19-3/h4-7,12,16H,8-11H2,1-3H3,(H,17,18). The molecule has 0 aliphatic rings. The lowest BCUT2D eigenvalue weighted by atomic mass is 10.1. The average molecular weight is 264 g/mol. The van der Waals surface area contributed by atoms with Crippen molar-refractivity contribution in [3.05, 3.63) is 29.8 Å². The van der Waals surface area contributed by atoms with Gasteiger partial charge in [-0.25, -0.2) is 0 Å². The van der Waals surface area contributed by atoms with Gasteiger partial charge < -0.3 is 15.4 Å². The number of ether oxygens (including phenoxy) is 1. The molecule has 0 aliphatic heterocycles. The second kappa shape index (κ2) is 8.67. The molecule has 0 heterocycles. The summed E-state index contributed by atoms with van der Waals surface area (Å²) in [7, 11) is 1.68. The van der Waals surface area contributed by atoms with Crippen LogP contribution in [-0.2, 0) is 16.0 Å². The number of carbonyl (C=O) groups excluding carboxylic acids is 1. The third kappa shape index (κ3) is 6.36. The minimum absolute atomic E-state index is 0.0398. The number of hydrogen-bond acceptors (Lipinski definition) is 3. The fourth-order valence-electron chi connectivity index (χ4n) is 1.76. The summed E-state index contributed by atoms with van der Waals surface area (Å²) in [5.74, 6) is 0.0398. The van der Waals surface area contributed by atoms with Gasteiger partial charge in [-0.05, 0) is 18.1 Å². The molecule has 0 aromatic heterocycles. The highest BCUT2D eigenvalue weighted by Crippen LogP contribution is 2.15. The number of methoxy groups -OCH3 is 1. The first-order chi connectivity index (χ1) is 9.13. The fourth-order valence-corrected chi connectivity index (χ4v) is 1.76. The second-order valence-corrected chi connectivity index (χ2v) is 4.81. The van der Waals surface area contributed by atoms with E-state index in [1.54, 1.807) is 7.11 Å². The molecule has 0 saturated carbocycles. The Hall–Kier alpha value is -1.39. The quantitative estimate of drug-likeness (QED) is 0.757. The molecule has 0 bridgehead atoms. The molecule has 0 atom stereocenters. The number of amides is 1. The summed E-state index contributed by atoms with van der Waals surface area (Å²) in [5.41, 5.74) is 1.99. The third-order valence-electron chi connectivity index (χ3n) is 2.77. The summed E-state index contributed by atoms with van der Waals surface area (Å²) in [6.07, 6.45) is 1.29. The summed E-state index contributed by atoms with van der Waals surface area (Å²) < 4.78 is 5.07. The number of rotatable bonds is 8. The van der Waals surface area contributed by atoms with Gasteiger partial charge in [0, 0.05) is 31.8 Å². The van der Waals surface area contributed by atoms with Gasteiger partial charge in [-0.3, -0.25) is 4.79 Å². The van der Waals surface area contributed by atoms with Crippen LogP contribution in [0.3, 0.4) is 0 Å². The van der Waals surface area contributed by atoms with Crippen LogP contribution in [0.25, 0.3) is 0 Å². The Bertz CT molecular complexity index is 391. The molecule has 4 nitrogen and oxygen atoms in total. The second-order valence-electron chi connectivity index (χ2n) is 4.81. The predicted octanol–water partition coefficient (Wildman–Crippen LogP) is 2.20. The zero-order valence-electron chi connectivity index (χ0n) is 12.0. The van der Waals surface area contributed by atoms with Crippen LogP contribution in [0.15, 0.2) is 24.3 Å². The van der Waals surface area contributed by atoms with Crippen molar-refractivity contribution in [2.45, 2.75) is 32.7 Å². The fraction of sp³-hybridized carbons (Fsp3) is 0.533. The molecule has 1 rings (SSSR count). The Morgan fingerprint density at radius 3 is 2.74 bits per heavy atom. The molecule has 19 heavy (non-hydrogen) atoms. The lowest BCUT2D eigenvalue weighted by Gasteiger charge is -2.12. The average Bonchev–Trinajstić information content (AvgIpc) is 2.37. The van der Waals surface area contributed by atoms with Crippen LogP contribution < -0.4 is 10.6 Å². The molecule has 0 spiro atoms. The third-order valence-corrected chi connectivity index (χ3v) is 2.77. The summed E-state index contributed by atoms with van der Waals surface area (Å²) in [4.78, 5) is 11.8. The molecule has 4 heteroatoms. The minimum atomic E-state index is 0.0398. The van der Waals surface area contributed by atoms with E-state index >= 15 is 0 Å². The van der Waals surface area contributed by atoms with Gasteiger partial charge in [-0.1, -0.05) is 32.0 Å². The number of nitrogens with one attached hydrogen (secondary N) is 2. The molecular weight excluding hydrogens is 240 g/mol. The Morgan fingerprint density at radius 2 is 2.05 bits per heavy atom. The van der Waals surface area contributed by atoms with E-state index in [1.165, 1.54) is 0 Å². The van der Waals surface area contributed by atoms with Crippen LogP contribution in [-0.4, -0.2) is 32.2 Å². The van der Waals surface area contributed by atoms with Crippen LogP contribution in [0.4, 0.5) is 5.69 Å². The molecule has 0 aliphatic carbocycles. The van der Waals surface area contributed by atoms with Crippen molar-refractivity contribution < 1.29 is 9.53 Å². The first-order valence-corrected chi connectivity index (χ1v) is 6.73. The van der Waals surface area contributed by atoms with Gasteiger partial charge in [-0.2, -0.15) is 0 Å². The van der Waals surface area contributed by atoms with E-state index in [0.717, 1.165) is 17.7 Å². The first kappa shape index (κ1) is 15.7. The summed E-state index contributed by atoms with van der Waals surface area (Å²) in [6.45, 7) is 5.49. The molecule has 1 aromatic carbocycles. The Morgan fingerprint density at radius 1 is 1.32 bits per heavy atom. The van der Waals surface area contributed by atoms with Crippen molar-refractivity contribution >= 4 is 11.6 Å². The number of carbonyl (C=O) groups is 1. The van der Waals surface area contributed by atoms with Gasteiger partial charge in [0.2, 0.25) is 5.91 Å². The van der Waals surface area contributed by atoms with Gasteiger partial charge in [0.25, 0.3) is 0 Å². The van der Waals surface area contributed by atoms with Crippen molar-refractivity contribution in [2.24, 2.45) is 0 Å². The van der Waals surface area contributed by atoms with Gasteiger partial charge in [0.05, 0.1) is 6.61 Å². The van der Waals surface area contributed by atoms with E-state index in [9.17, 15) is 4.79 Å².